The second-order valence-electron chi connectivity index (χ2n) is 5.15. The van der Waals surface area contributed by atoms with Gasteiger partial charge < -0.3 is 5.32 Å². The first-order valence-electron chi connectivity index (χ1n) is 7.68. The Morgan fingerprint density at radius 2 is 2.00 bits per heavy atom. The van der Waals surface area contributed by atoms with E-state index in [1.807, 2.05) is 47.8 Å². The van der Waals surface area contributed by atoms with E-state index in [1.165, 1.54) is 0 Å². The first kappa shape index (κ1) is 15.9. The summed E-state index contributed by atoms with van der Waals surface area (Å²) in [6.07, 6.45) is 2.04. The normalized spacial score (nSPS) is 10.7. The molecule has 23 heavy (non-hydrogen) atoms. The lowest BCUT2D eigenvalue weighted by molar-refractivity contribution is 0.0949. The van der Waals surface area contributed by atoms with Gasteiger partial charge in [0.2, 0.25) is 0 Å². The quantitative estimate of drug-likeness (QED) is 0.636. The van der Waals surface area contributed by atoms with Crippen molar-refractivity contribution >= 4 is 28.6 Å². The molecule has 0 bridgehead atoms. The van der Waals surface area contributed by atoms with Crippen LogP contribution in [-0.2, 0) is 0 Å². The van der Waals surface area contributed by atoms with Crippen LogP contribution in [0.25, 0.3) is 20.3 Å². The minimum Gasteiger partial charge on any atom is -0.351 e. The maximum atomic E-state index is 12.5. The first-order chi connectivity index (χ1) is 11.3. The van der Waals surface area contributed by atoms with Crippen molar-refractivity contribution in [3.63, 3.8) is 0 Å². The third-order valence-electron chi connectivity index (χ3n) is 3.42. The van der Waals surface area contributed by atoms with Gasteiger partial charge in [-0.25, -0.2) is 4.98 Å². The van der Waals surface area contributed by atoms with Gasteiger partial charge in [-0.1, -0.05) is 49.7 Å². The number of nitrogens with zero attached hydrogens (tertiary/aromatic N) is 1. The molecule has 2 aromatic heterocycles. The number of benzene rings is 1. The number of carbonyl (C=O) groups excluding carboxylic acids is 1. The Morgan fingerprint density at radius 1 is 1.17 bits per heavy atom. The molecular formula is C18H18N2OS2. The van der Waals surface area contributed by atoms with E-state index in [2.05, 4.69) is 17.2 Å². The molecule has 0 saturated carbocycles. The van der Waals surface area contributed by atoms with Crippen LogP contribution in [0.3, 0.4) is 0 Å². The van der Waals surface area contributed by atoms with E-state index in [9.17, 15) is 4.79 Å². The number of rotatable bonds is 6. The van der Waals surface area contributed by atoms with Crippen molar-refractivity contribution in [1.29, 1.82) is 0 Å². The van der Waals surface area contributed by atoms with Crippen LogP contribution in [-0.4, -0.2) is 17.4 Å². The maximum Gasteiger partial charge on any atom is 0.271 e. The standard InChI is InChI=1S/C18H18N2OS2/c1-2-3-11-19-17(21)15-16(14-10-7-12-22-14)23-18(20-15)13-8-5-4-6-9-13/h4-10,12H,2-3,11H2,1H3,(H,19,21). The highest BCUT2D eigenvalue weighted by atomic mass is 32.1. The molecule has 0 fully saturated rings. The Balaban J connectivity index is 1.96. The first-order valence-corrected chi connectivity index (χ1v) is 9.37. The van der Waals surface area contributed by atoms with E-state index in [0.29, 0.717) is 12.2 Å². The number of thiophene rings is 1. The molecule has 3 aromatic rings. The van der Waals surface area contributed by atoms with Crippen LogP contribution < -0.4 is 5.32 Å². The van der Waals surface area contributed by atoms with E-state index < -0.39 is 0 Å². The van der Waals surface area contributed by atoms with E-state index >= 15 is 0 Å². The number of carbonyl (C=O) groups is 1. The molecule has 0 unspecified atom stereocenters. The van der Waals surface area contributed by atoms with Gasteiger partial charge in [-0.3, -0.25) is 4.79 Å². The average Bonchev–Trinajstić information content (AvgIpc) is 3.25. The van der Waals surface area contributed by atoms with Crippen molar-refractivity contribution in [2.75, 3.05) is 6.54 Å². The van der Waals surface area contributed by atoms with Crippen LogP contribution in [0.15, 0.2) is 47.8 Å². The minimum atomic E-state index is -0.0831. The van der Waals surface area contributed by atoms with E-state index in [4.69, 9.17) is 0 Å². The second-order valence-corrected chi connectivity index (χ2v) is 7.10. The molecule has 0 aliphatic carbocycles. The Kier molecular flexibility index (Phi) is 5.20. The monoisotopic (exact) mass is 342 g/mol. The van der Waals surface area contributed by atoms with Crippen molar-refractivity contribution in [3.8, 4) is 20.3 Å². The van der Waals surface area contributed by atoms with Gasteiger partial charge in [0.05, 0.1) is 4.88 Å². The summed E-state index contributed by atoms with van der Waals surface area (Å²) in [5, 5.41) is 5.88. The Bertz CT molecular complexity index is 764. The van der Waals surface area contributed by atoms with Gasteiger partial charge in [-0.15, -0.1) is 22.7 Å². The molecule has 0 atom stereocenters. The van der Waals surface area contributed by atoms with E-state index in [1.54, 1.807) is 22.7 Å². The van der Waals surface area contributed by atoms with Gasteiger partial charge in [0.1, 0.15) is 10.7 Å². The summed E-state index contributed by atoms with van der Waals surface area (Å²) in [5.41, 5.74) is 1.58. The fourth-order valence-electron chi connectivity index (χ4n) is 2.22. The molecule has 0 spiro atoms. The Labute approximate surface area is 144 Å². The zero-order chi connectivity index (χ0) is 16.1. The predicted octanol–water partition coefficient (Wildman–Crippen LogP) is 5.07. The van der Waals surface area contributed by atoms with Gasteiger partial charge in [0.15, 0.2) is 0 Å². The fourth-order valence-corrected chi connectivity index (χ4v) is 4.14. The summed E-state index contributed by atoms with van der Waals surface area (Å²) >= 11 is 3.21. The lowest BCUT2D eigenvalue weighted by atomic mass is 10.2. The molecule has 118 valence electrons. The molecule has 0 saturated heterocycles. The lowest BCUT2D eigenvalue weighted by Gasteiger charge is -2.03. The number of aromatic nitrogens is 1. The Morgan fingerprint density at radius 3 is 2.70 bits per heavy atom. The third kappa shape index (κ3) is 3.68. The second kappa shape index (κ2) is 7.53. The summed E-state index contributed by atoms with van der Waals surface area (Å²) < 4.78 is 0. The van der Waals surface area contributed by atoms with E-state index in [-0.39, 0.29) is 5.91 Å². The molecule has 1 amide bonds. The molecule has 0 aliphatic rings. The van der Waals surface area contributed by atoms with E-state index in [0.717, 1.165) is 33.2 Å². The largest absolute Gasteiger partial charge is 0.351 e. The molecule has 5 heteroatoms. The number of thiazole rings is 1. The van der Waals surface area contributed by atoms with Crippen LogP contribution in [0.2, 0.25) is 0 Å². The van der Waals surface area contributed by atoms with Gasteiger partial charge in [0.25, 0.3) is 5.91 Å². The van der Waals surface area contributed by atoms with Crippen molar-refractivity contribution < 1.29 is 4.79 Å². The Hall–Kier alpha value is -1.98. The highest BCUT2D eigenvalue weighted by Crippen LogP contribution is 2.37. The molecular weight excluding hydrogens is 324 g/mol. The topological polar surface area (TPSA) is 42.0 Å². The SMILES string of the molecule is CCCCNC(=O)c1nc(-c2ccccc2)sc1-c1cccs1. The molecule has 1 N–H and O–H groups in total. The van der Waals surface area contributed by atoms with Crippen molar-refractivity contribution in [1.82, 2.24) is 10.3 Å². The molecule has 0 aliphatic heterocycles. The van der Waals surface area contributed by atoms with Crippen LogP contribution in [0, 0.1) is 0 Å². The van der Waals surface area contributed by atoms with Crippen molar-refractivity contribution in [2.24, 2.45) is 0 Å². The van der Waals surface area contributed by atoms with Gasteiger partial charge in [-0.2, -0.15) is 0 Å². The smallest absolute Gasteiger partial charge is 0.271 e. The fraction of sp³-hybridized carbons (Fsp3) is 0.222. The van der Waals surface area contributed by atoms with Gasteiger partial charge >= 0.3 is 0 Å². The number of amides is 1. The lowest BCUT2D eigenvalue weighted by Crippen LogP contribution is -2.25. The van der Waals surface area contributed by atoms with Crippen molar-refractivity contribution in [2.45, 2.75) is 19.8 Å². The summed E-state index contributed by atoms with van der Waals surface area (Å²) in [7, 11) is 0. The maximum absolute atomic E-state index is 12.5. The zero-order valence-electron chi connectivity index (χ0n) is 12.9. The molecule has 0 radical (unpaired) electrons. The summed E-state index contributed by atoms with van der Waals surface area (Å²) in [4.78, 5) is 19.2. The van der Waals surface area contributed by atoms with Gasteiger partial charge in [0, 0.05) is 17.0 Å². The number of unbranched alkanes of at least 4 members (excludes halogenated alkanes) is 1. The number of hydrogen-bond donors (Lipinski definition) is 1. The summed E-state index contributed by atoms with van der Waals surface area (Å²) in [5.74, 6) is -0.0831. The molecule has 3 nitrogen and oxygen atoms in total. The molecule has 3 rings (SSSR count). The number of nitrogens with one attached hydrogen (secondary N) is 1. The highest BCUT2D eigenvalue weighted by molar-refractivity contribution is 7.23. The predicted molar refractivity (Wildman–Crippen MR) is 98.1 cm³/mol. The molecule has 1 aromatic carbocycles. The minimum absolute atomic E-state index is 0.0831. The molecule has 2 heterocycles. The van der Waals surface area contributed by atoms with Crippen LogP contribution in [0.5, 0.6) is 0 Å². The van der Waals surface area contributed by atoms with Crippen LogP contribution in [0.1, 0.15) is 30.3 Å². The van der Waals surface area contributed by atoms with Crippen molar-refractivity contribution in [3.05, 3.63) is 53.5 Å². The summed E-state index contributed by atoms with van der Waals surface area (Å²) in [6.45, 7) is 2.80. The van der Waals surface area contributed by atoms with Gasteiger partial charge in [-0.05, 0) is 17.9 Å². The van der Waals surface area contributed by atoms with Crippen LogP contribution >= 0.6 is 22.7 Å². The third-order valence-corrected chi connectivity index (χ3v) is 5.58. The highest BCUT2D eigenvalue weighted by Gasteiger charge is 2.20. The zero-order valence-corrected chi connectivity index (χ0v) is 14.5. The van der Waals surface area contributed by atoms with Crippen LogP contribution in [0.4, 0.5) is 0 Å². The summed E-state index contributed by atoms with van der Waals surface area (Å²) in [6, 6.07) is 14.0. The average molecular weight is 342 g/mol. The number of hydrogen-bond acceptors (Lipinski definition) is 4.